The highest BCUT2D eigenvalue weighted by Crippen LogP contribution is 2.34. The summed E-state index contributed by atoms with van der Waals surface area (Å²) < 4.78 is 1.29. The summed E-state index contributed by atoms with van der Waals surface area (Å²) in [6.07, 6.45) is 3.99. The van der Waals surface area contributed by atoms with Crippen molar-refractivity contribution in [2.75, 3.05) is 26.7 Å². The van der Waals surface area contributed by atoms with E-state index in [1.807, 2.05) is 11.3 Å². The summed E-state index contributed by atoms with van der Waals surface area (Å²) in [5.74, 6) is 0.895. The monoisotopic (exact) mass is 322 g/mol. The molecule has 0 radical (unpaired) electrons. The van der Waals surface area contributed by atoms with Crippen molar-refractivity contribution < 1.29 is 0 Å². The van der Waals surface area contributed by atoms with Crippen LogP contribution >= 0.6 is 22.9 Å². The van der Waals surface area contributed by atoms with Crippen LogP contribution in [0.4, 0.5) is 0 Å². The molecule has 0 saturated carbocycles. The summed E-state index contributed by atoms with van der Waals surface area (Å²) in [5.41, 5.74) is 0. The number of hydrogen-bond donors (Lipinski definition) is 1. The lowest BCUT2D eigenvalue weighted by Crippen LogP contribution is -2.31. The molecule has 0 unspecified atom stereocenters. The van der Waals surface area contributed by atoms with Gasteiger partial charge >= 0.3 is 0 Å². The average Bonchev–Trinajstić information content (AvgIpc) is 2.82. The van der Waals surface area contributed by atoms with E-state index in [1.54, 1.807) is 0 Å². The molecule has 0 atom stereocenters. The molecule has 1 aromatic carbocycles. The number of fused-ring (bicyclic) bond motifs is 1. The summed E-state index contributed by atoms with van der Waals surface area (Å²) in [5, 5.41) is 5.70. The molecule has 1 fully saturated rings. The molecular weight excluding hydrogens is 300 g/mol. The Balaban J connectivity index is 1.47. The van der Waals surface area contributed by atoms with Crippen LogP contribution in [0.15, 0.2) is 24.3 Å². The Bertz CT molecular complexity index is 587. The van der Waals surface area contributed by atoms with Crippen LogP contribution in [0.25, 0.3) is 10.1 Å². The quantitative estimate of drug-likeness (QED) is 0.822. The van der Waals surface area contributed by atoms with Crippen molar-refractivity contribution in [2.24, 2.45) is 5.92 Å². The summed E-state index contributed by atoms with van der Waals surface area (Å²) in [6.45, 7) is 4.50. The SMILES string of the molecule is CN1CCC(CCNCc2sc3ccccc3c2Cl)CC1. The normalized spacial score (nSPS) is 17.6. The minimum Gasteiger partial charge on any atom is -0.312 e. The Morgan fingerprint density at radius 1 is 1.29 bits per heavy atom. The third-order valence-electron chi connectivity index (χ3n) is 4.45. The van der Waals surface area contributed by atoms with Gasteiger partial charge in [0.15, 0.2) is 0 Å². The number of piperidine rings is 1. The lowest BCUT2D eigenvalue weighted by molar-refractivity contribution is 0.211. The van der Waals surface area contributed by atoms with Gasteiger partial charge in [0, 0.05) is 21.5 Å². The average molecular weight is 323 g/mol. The van der Waals surface area contributed by atoms with Gasteiger partial charge in [-0.25, -0.2) is 0 Å². The van der Waals surface area contributed by atoms with Crippen LogP contribution in [0.5, 0.6) is 0 Å². The van der Waals surface area contributed by atoms with Gasteiger partial charge in [-0.3, -0.25) is 0 Å². The first-order valence-corrected chi connectivity index (χ1v) is 8.98. The zero-order valence-corrected chi connectivity index (χ0v) is 14.1. The molecule has 1 saturated heterocycles. The molecule has 2 nitrogen and oxygen atoms in total. The highest BCUT2D eigenvalue weighted by atomic mass is 35.5. The van der Waals surface area contributed by atoms with Crippen molar-refractivity contribution in [2.45, 2.75) is 25.8 Å². The van der Waals surface area contributed by atoms with Gasteiger partial charge in [0.05, 0.1) is 5.02 Å². The van der Waals surface area contributed by atoms with E-state index in [2.05, 4.69) is 41.5 Å². The van der Waals surface area contributed by atoms with E-state index in [-0.39, 0.29) is 0 Å². The third kappa shape index (κ3) is 3.78. The zero-order chi connectivity index (χ0) is 14.7. The van der Waals surface area contributed by atoms with E-state index < -0.39 is 0 Å². The topological polar surface area (TPSA) is 15.3 Å². The fourth-order valence-corrected chi connectivity index (χ4v) is 4.51. The van der Waals surface area contributed by atoms with E-state index in [0.717, 1.165) is 24.0 Å². The lowest BCUT2D eigenvalue weighted by atomic mass is 9.94. The number of hydrogen-bond acceptors (Lipinski definition) is 3. The fourth-order valence-electron chi connectivity index (χ4n) is 3.04. The minimum absolute atomic E-state index is 0.894. The molecule has 1 N–H and O–H groups in total. The van der Waals surface area contributed by atoms with Crippen molar-refractivity contribution in [1.29, 1.82) is 0 Å². The fraction of sp³-hybridized carbons (Fsp3) is 0.529. The highest BCUT2D eigenvalue weighted by Gasteiger charge is 2.16. The molecule has 114 valence electrons. The molecule has 4 heteroatoms. The molecule has 0 bridgehead atoms. The van der Waals surface area contributed by atoms with Crippen LogP contribution in [0.2, 0.25) is 5.02 Å². The maximum absolute atomic E-state index is 6.47. The molecule has 21 heavy (non-hydrogen) atoms. The highest BCUT2D eigenvalue weighted by molar-refractivity contribution is 7.19. The summed E-state index contributed by atoms with van der Waals surface area (Å²) in [6, 6.07) is 8.38. The predicted octanol–water partition coefficient (Wildman–Crippen LogP) is 4.38. The number of thiophene rings is 1. The van der Waals surface area contributed by atoms with E-state index in [4.69, 9.17) is 11.6 Å². The van der Waals surface area contributed by atoms with E-state index >= 15 is 0 Å². The molecule has 0 spiro atoms. The van der Waals surface area contributed by atoms with Crippen LogP contribution in [0, 0.1) is 5.92 Å². The molecule has 1 aliphatic rings. The van der Waals surface area contributed by atoms with Gasteiger partial charge in [-0.05, 0) is 57.9 Å². The van der Waals surface area contributed by atoms with Crippen LogP contribution in [-0.2, 0) is 6.54 Å². The molecular formula is C17H23ClN2S. The smallest absolute Gasteiger partial charge is 0.0636 e. The largest absolute Gasteiger partial charge is 0.312 e. The zero-order valence-electron chi connectivity index (χ0n) is 12.6. The van der Waals surface area contributed by atoms with E-state index in [9.17, 15) is 0 Å². The van der Waals surface area contributed by atoms with Crippen molar-refractivity contribution >= 4 is 33.0 Å². The van der Waals surface area contributed by atoms with Crippen molar-refractivity contribution in [3.05, 3.63) is 34.2 Å². The first-order valence-electron chi connectivity index (χ1n) is 7.79. The maximum atomic E-state index is 6.47. The van der Waals surface area contributed by atoms with Crippen LogP contribution in [0.1, 0.15) is 24.1 Å². The second-order valence-corrected chi connectivity index (χ2v) is 7.56. The molecule has 2 aromatic rings. The van der Waals surface area contributed by atoms with Gasteiger partial charge in [-0.2, -0.15) is 0 Å². The Morgan fingerprint density at radius 2 is 2.05 bits per heavy atom. The Hall–Kier alpha value is -0.610. The number of nitrogens with zero attached hydrogens (tertiary/aromatic N) is 1. The number of likely N-dealkylation sites (tertiary alicyclic amines) is 1. The van der Waals surface area contributed by atoms with Gasteiger partial charge in [-0.15, -0.1) is 11.3 Å². The predicted molar refractivity (Wildman–Crippen MR) is 93.4 cm³/mol. The number of benzene rings is 1. The number of halogens is 1. The molecule has 2 heterocycles. The first kappa shape index (κ1) is 15.3. The van der Waals surface area contributed by atoms with Crippen molar-refractivity contribution in [3.8, 4) is 0 Å². The minimum atomic E-state index is 0.894. The van der Waals surface area contributed by atoms with Gasteiger partial charge in [0.2, 0.25) is 0 Å². The van der Waals surface area contributed by atoms with Crippen LogP contribution < -0.4 is 5.32 Å². The van der Waals surface area contributed by atoms with Crippen molar-refractivity contribution in [3.63, 3.8) is 0 Å². The second-order valence-electron chi connectivity index (χ2n) is 6.05. The van der Waals surface area contributed by atoms with Gasteiger partial charge < -0.3 is 10.2 Å². The molecule has 0 aliphatic carbocycles. The maximum Gasteiger partial charge on any atom is 0.0636 e. The van der Waals surface area contributed by atoms with Crippen molar-refractivity contribution in [1.82, 2.24) is 10.2 Å². The van der Waals surface area contributed by atoms with E-state index in [0.29, 0.717) is 0 Å². The summed E-state index contributed by atoms with van der Waals surface area (Å²) in [4.78, 5) is 3.70. The second kappa shape index (κ2) is 7.10. The first-order chi connectivity index (χ1) is 10.2. The molecule has 1 aliphatic heterocycles. The standard InChI is InChI=1S/C17H23ClN2S/c1-20-10-7-13(8-11-20)6-9-19-12-16-17(18)14-4-2-3-5-15(14)21-16/h2-5,13,19H,6-12H2,1H3. The third-order valence-corrected chi connectivity index (χ3v) is 6.17. The summed E-state index contributed by atoms with van der Waals surface area (Å²) >= 11 is 8.27. The number of nitrogens with one attached hydrogen (secondary N) is 1. The Kier molecular flexibility index (Phi) is 5.17. The van der Waals surface area contributed by atoms with Gasteiger partial charge in [-0.1, -0.05) is 29.8 Å². The molecule has 3 rings (SSSR count). The van der Waals surface area contributed by atoms with Gasteiger partial charge in [0.25, 0.3) is 0 Å². The molecule has 0 amide bonds. The lowest BCUT2D eigenvalue weighted by Gasteiger charge is -2.28. The number of rotatable bonds is 5. The van der Waals surface area contributed by atoms with Gasteiger partial charge in [0.1, 0.15) is 0 Å². The van der Waals surface area contributed by atoms with Crippen LogP contribution in [0.3, 0.4) is 0 Å². The van der Waals surface area contributed by atoms with E-state index in [1.165, 1.54) is 47.3 Å². The van der Waals surface area contributed by atoms with Crippen LogP contribution in [-0.4, -0.2) is 31.6 Å². The summed E-state index contributed by atoms with van der Waals surface area (Å²) in [7, 11) is 2.22. The Morgan fingerprint density at radius 3 is 2.81 bits per heavy atom. The molecule has 1 aromatic heterocycles. The Labute approximate surface area is 136 Å².